The van der Waals surface area contributed by atoms with Crippen molar-refractivity contribution in [1.82, 2.24) is 0 Å². The lowest BCUT2D eigenvalue weighted by molar-refractivity contribution is -0.131. The number of anilines is 2. The highest BCUT2D eigenvalue weighted by Crippen LogP contribution is 2.47. The Hall–Kier alpha value is -3.13. The Kier molecular flexibility index (Phi) is 4.05. The second kappa shape index (κ2) is 6.17. The van der Waals surface area contributed by atoms with E-state index in [9.17, 15) is 9.59 Å². The molecule has 0 spiro atoms. The van der Waals surface area contributed by atoms with E-state index in [0.717, 1.165) is 5.56 Å². The van der Waals surface area contributed by atoms with E-state index in [1.165, 1.54) is 0 Å². The molecule has 3 rings (SSSR count). The molecule has 2 N–H and O–H groups in total. The van der Waals surface area contributed by atoms with E-state index in [-0.39, 0.29) is 11.8 Å². The summed E-state index contributed by atoms with van der Waals surface area (Å²) in [5.41, 5.74) is 1.52. The standard InChI is InChI=1S/C19H17N3O2/c1-13-6-8-15(9-7-13)21-17(23)19(10-11-19)18(24)22-16-5-3-2-4-14(16)12-20/h2-9H,10-11H2,1H3,(H,21,23)(H,22,24). The molecule has 2 aromatic carbocycles. The zero-order valence-corrected chi connectivity index (χ0v) is 13.3. The van der Waals surface area contributed by atoms with Crippen LogP contribution < -0.4 is 10.6 Å². The van der Waals surface area contributed by atoms with Crippen molar-refractivity contribution in [3.63, 3.8) is 0 Å². The third-order valence-electron chi connectivity index (χ3n) is 4.22. The van der Waals surface area contributed by atoms with Crippen LogP contribution in [0.15, 0.2) is 48.5 Å². The molecule has 24 heavy (non-hydrogen) atoms. The summed E-state index contributed by atoms with van der Waals surface area (Å²) in [6.45, 7) is 1.97. The van der Waals surface area contributed by atoms with E-state index in [4.69, 9.17) is 5.26 Å². The Balaban J connectivity index is 1.73. The van der Waals surface area contributed by atoms with Crippen LogP contribution >= 0.6 is 0 Å². The molecule has 5 nitrogen and oxygen atoms in total. The minimum absolute atomic E-state index is 0.307. The smallest absolute Gasteiger partial charge is 0.240 e. The second-order valence-corrected chi connectivity index (χ2v) is 6.01. The fourth-order valence-corrected chi connectivity index (χ4v) is 2.50. The summed E-state index contributed by atoms with van der Waals surface area (Å²) >= 11 is 0. The van der Waals surface area contributed by atoms with Crippen LogP contribution in [0.2, 0.25) is 0 Å². The van der Waals surface area contributed by atoms with Crippen molar-refractivity contribution in [3.05, 3.63) is 59.7 Å². The van der Waals surface area contributed by atoms with Crippen molar-refractivity contribution in [1.29, 1.82) is 5.26 Å². The van der Waals surface area contributed by atoms with E-state index < -0.39 is 5.41 Å². The maximum absolute atomic E-state index is 12.6. The van der Waals surface area contributed by atoms with Gasteiger partial charge >= 0.3 is 0 Å². The quantitative estimate of drug-likeness (QED) is 0.849. The van der Waals surface area contributed by atoms with E-state index in [2.05, 4.69) is 10.6 Å². The van der Waals surface area contributed by atoms with Crippen LogP contribution in [0, 0.1) is 23.7 Å². The van der Waals surface area contributed by atoms with Crippen molar-refractivity contribution < 1.29 is 9.59 Å². The minimum Gasteiger partial charge on any atom is -0.325 e. The summed E-state index contributed by atoms with van der Waals surface area (Å²) in [5, 5.41) is 14.6. The number of carbonyl (C=O) groups excluding carboxylic acids is 2. The number of benzene rings is 2. The first-order valence-corrected chi connectivity index (χ1v) is 7.74. The molecule has 1 fully saturated rings. The van der Waals surface area contributed by atoms with Gasteiger partial charge in [-0.25, -0.2) is 0 Å². The predicted molar refractivity (Wildman–Crippen MR) is 91.3 cm³/mol. The maximum Gasteiger partial charge on any atom is 0.240 e. The average Bonchev–Trinajstić information content (AvgIpc) is 3.39. The predicted octanol–water partition coefficient (Wildman–Crippen LogP) is 3.22. The molecule has 0 aromatic heterocycles. The zero-order valence-electron chi connectivity index (χ0n) is 13.3. The van der Waals surface area contributed by atoms with Crippen molar-refractivity contribution in [2.24, 2.45) is 5.41 Å². The van der Waals surface area contributed by atoms with Crippen molar-refractivity contribution in [2.45, 2.75) is 19.8 Å². The van der Waals surface area contributed by atoms with Crippen LogP contribution in [-0.2, 0) is 9.59 Å². The Bertz CT molecular complexity index is 830. The molecule has 0 bridgehead atoms. The molecular weight excluding hydrogens is 302 g/mol. The first kappa shape index (κ1) is 15.8. The van der Waals surface area contributed by atoms with Crippen LogP contribution in [0.1, 0.15) is 24.0 Å². The lowest BCUT2D eigenvalue weighted by Crippen LogP contribution is -2.35. The van der Waals surface area contributed by atoms with Gasteiger partial charge in [0.1, 0.15) is 11.5 Å². The fraction of sp³-hybridized carbons (Fsp3) is 0.211. The molecule has 1 aliphatic carbocycles. The van der Waals surface area contributed by atoms with Gasteiger partial charge in [0, 0.05) is 5.69 Å². The molecule has 2 amide bonds. The molecular formula is C19H17N3O2. The molecule has 2 aromatic rings. The van der Waals surface area contributed by atoms with Gasteiger partial charge in [-0.2, -0.15) is 5.26 Å². The summed E-state index contributed by atoms with van der Waals surface area (Å²) in [5.74, 6) is -0.673. The first-order chi connectivity index (χ1) is 11.5. The van der Waals surface area contributed by atoms with Gasteiger partial charge in [0.25, 0.3) is 0 Å². The molecule has 120 valence electrons. The van der Waals surface area contributed by atoms with Gasteiger partial charge in [-0.15, -0.1) is 0 Å². The SMILES string of the molecule is Cc1ccc(NC(=O)C2(C(=O)Nc3ccccc3C#N)CC2)cc1. The highest BCUT2D eigenvalue weighted by Gasteiger charge is 2.56. The number of aryl methyl sites for hydroxylation is 1. The summed E-state index contributed by atoms with van der Waals surface area (Å²) < 4.78 is 0. The summed E-state index contributed by atoms with van der Waals surface area (Å²) in [4.78, 5) is 25.1. The van der Waals surface area contributed by atoms with Crippen LogP contribution in [0.5, 0.6) is 0 Å². The van der Waals surface area contributed by atoms with Crippen LogP contribution in [-0.4, -0.2) is 11.8 Å². The number of rotatable bonds is 4. The lowest BCUT2D eigenvalue weighted by atomic mass is 10.0. The Morgan fingerprint density at radius 1 is 1.00 bits per heavy atom. The summed E-state index contributed by atoms with van der Waals surface area (Å²) in [7, 11) is 0. The van der Waals surface area contributed by atoms with Gasteiger partial charge in [0.05, 0.1) is 11.3 Å². The van der Waals surface area contributed by atoms with Gasteiger partial charge < -0.3 is 10.6 Å². The number of hydrogen-bond acceptors (Lipinski definition) is 3. The van der Waals surface area contributed by atoms with Crippen LogP contribution in [0.4, 0.5) is 11.4 Å². The number of carbonyl (C=O) groups is 2. The van der Waals surface area contributed by atoms with Crippen LogP contribution in [0.25, 0.3) is 0 Å². The lowest BCUT2D eigenvalue weighted by Gasteiger charge is -2.16. The average molecular weight is 319 g/mol. The molecule has 0 unspecified atom stereocenters. The van der Waals surface area contributed by atoms with Crippen LogP contribution in [0.3, 0.4) is 0 Å². The number of hydrogen-bond donors (Lipinski definition) is 2. The maximum atomic E-state index is 12.6. The van der Waals surface area contributed by atoms with E-state index >= 15 is 0 Å². The Labute approximate surface area is 140 Å². The van der Waals surface area contributed by atoms with Crippen molar-refractivity contribution in [3.8, 4) is 6.07 Å². The van der Waals surface area contributed by atoms with Gasteiger partial charge in [-0.3, -0.25) is 9.59 Å². The molecule has 1 saturated carbocycles. The van der Waals surface area contributed by atoms with Gasteiger partial charge in [-0.1, -0.05) is 29.8 Å². The number of nitrogens with one attached hydrogen (secondary N) is 2. The highest BCUT2D eigenvalue weighted by atomic mass is 16.2. The number of amides is 2. The molecule has 1 aliphatic rings. The number of para-hydroxylation sites is 1. The van der Waals surface area contributed by atoms with Gasteiger partial charge in [0.2, 0.25) is 11.8 Å². The first-order valence-electron chi connectivity index (χ1n) is 7.74. The van der Waals surface area contributed by atoms with Gasteiger partial charge in [0.15, 0.2) is 0 Å². The minimum atomic E-state index is -1.05. The van der Waals surface area contributed by atoms with E-state index in [0.29, 0.717) is 29.8 Å². The molecule has 0 aliphatic heterocycles. The van der Waals surface area contributed by atoms with E-state index in [1.54, 1.807) is 24.3 Å². The topological polar surface area (TPSA) is 82.0 Å². The summed E-state index contributed by atoms with van der Waals surface area (Å²) in [6, 6.07) is 16.2. The second-order valence-electron chi connectivity index (χ2n) is 6.01. The van der Waals surface area contributed by atoms with E-state index in [1.807, 2.05) is 37.3 Å². The van der Waals surface area contributed by atoms with Crippen molar-refractivity contribution >= 4 is 23.2 Å². The number of nitriles is 1. The number of nitrogens with zero attached hydrogens (tertiary/aromatic N) is 1. The molecule has 5 heteroatoms. The largest absolute Gasteiger partial charge is 0.325 e. The summed E-state index contributed by atoms with van der Waals surface area (Å²) in [6.07, 6.45) is 1.01. The Morgan fingerprint density at radius 3 is 2.25 bits per heavy atom. The molecule has 0 radical (unpaired) electrons. The normalized spacial score (nSPS) is 14.3. The molecule has 0 atom stereocenters. The van der Waals surface area contributed by atoms with Crippen molar-refractivity contribution in [2.75, 3.05) is 10.6 Å². The third-order valence-corrected chi connectivity index (χ3v) is 4.22. The molecule has 0 heterocycles. The van der Waals surface area contributed by atoms with Gasteiger partial charge in [-0.05, 0) is 44.0 Å². The molecule has 0 saturated heterocycles. The monoisotopic (exact) mass is 319 g/mol. The fourth-order valence-electron chi connectivity index (χ4n) is 2.50. The third kappa shape index (κ3) is 2.99. The highest BCUT2D eigenvalue weighted by molar-refractivity contribution is 6.17. The Morgan fingerprint density at radius 2 is 1.62 bits per heavy atom. The zero-order chi connectivity index (χ0) is 17.2.